The minimum atomic E-state index is -0.150. The summed E-state index contributed by atoms with van der Waals surface area (Å²) in [5.41, 5.74) is 3.70. The van der Waals surface area contributed by atoms with Crippen molar-refractivity contribution in [3.05, 3.63) is 47.2 Å². The van der Waals surface area contributed by atoms with Crippen LogP contribution in [-0.4, -0.2) is 22.1 Å². The maximum Gasteiger partial charge on any atom is 0.272 e. The lowest BCUT2D eigenvalue weighted by Crippen LogP contribution is -2.26. The fourth-order valence-electron chi connectivity index (χ4n) is 2.20. The molecule has 0 spiro atoms. The summed E-state index contributed by atoms with van der Waals surface area (Å²) >= 11 is 0. The van der Waals surface area contributed by atoms with Crippen molar-refractivity contribution in [1.82, 2.24) is 15.5 Å². The van der Waals surface area contributed by atoms with Gasteiger partial charge in [0.25, 0.3) is 5.91 Å². The Morgan fingerprint density at radius 3 is 2.38 bits per heavy atom. The Kier molecular flexibility index (Phi) is 3.56. The smallest absolute Gasteiger partial charge is 0.272 e. The maximum atomic E-state index is 11.8. The molecule has 3 rings (SSSR count). The van der Waals surface area contributed by atoms with E-state index in [0.29, 0.717) is 17.6 Å². The molecule has 1 heterocycles. The predicted octanol–water partition coefficient (Wildman–Crippen LogP) is 2.73. The van der Waals surface area contributed by atoms with Gasteiger partial charge in [0, 0.05) is 11.7 Å². The van der Waals surface area contributed by atoms with Crippen LogP contribution in [0.4, 0.5) is 11.5 Å². The minimum Gasteiger partial charge on any atom is -0.348 e. The Morgan fingerprint density at radius 1 is 1.10 bits per heavy atom. The van der Waals surface area contributed by atoms with Crippen molar-refractivity contribution in [2.45, 2.75) is 32.7 Å². The average Bonchev–Trinajstić information content (AvgIpc) is 3.22. The van der Waals surface area contributed by atoms with E-state index < -0.39 is 0 Å². The van der Waals surface area contributed by atoms with Gasteiger partial charge in [-0.3, -0.25) is 4.79 Å². The van der Waals surface area contributed by atoms with Crippen LogP contribution >= 0.6 is 0 Å². The topological polar surface area (TPSA) is 66.9 Å². The number of carbonyl (C=O) groups excluding carboxylic acids is 1. The number of hydrogen-bond acceptors (Lipinski definition) is 4. The van der Waals surface area contributed by atoms with E-state index >= 15 is 0 Å². The highest BCUT2D eigenvalue weighted by molar-refractivity contribution is 5.92. The summed E-state index contributed by atoms with van der Waals surface area (Å²) in [5, 5.41) is 14.1. The summed E-state index contributed by atoms with van der Waals surface area (Å²) in [5.74, 6) is 0.478. The van der Waals surface area contributed by atoms with Crippen molar-refractivity contribution in [2.75, 3.05) is 5.32 Å². The molecule has 0 unspecified atom stereocenters. The van der Waals surface area contributed by atoms with Gasteiger partial charge in [0.15, 0.2) is 11.5 Å². The number of rotatable bonds is 4. The largest absolute Gasteiger partial charge is 0.348 e. The van der Waals surface area contributed by atoms with Crippen LogP contribution in [0.3, 0.4) is 0 Å². The first-order chi connectivity index (χ1) is 10.1. The van der Waals surface area contributed by atoms with E-state index in [2.05, 4.69) is 40.7 Å². The second-order valence-electron chi connectivity index (χ2n) is 5.55. The third-order valence-electron chi connectivity index (χ3n) is 3.30. The normalized spacial score (nSPS) is 13.8. The molecule has 1 aliphatic carbocycles. The Balaban J connectivity index is 1.69. The lowest BCUT2D eigenvalue weighted by molar-refractivity contribution is 0.0945. The first-order valence-corrected chi connectivity index (χ1v) is 7.10. The number of carbonyl (C=O) groups is 1. The predicted molar refractivity (Wildman–Crippen MR) is 81.7 cm³/mol. The Morgan fingerprint density at radius 2 is 1.81 bits per heavy atom. The van der Waals surface area contributed by atoms with E-state index in [0.717, 1.165) is 18.5 Å². The molecule has 1 aromatic heterocycles. The van der Waals surface area contributed by atoms with E-state index in [1.165, 1.54) is 11.1 Å². The summed E-state index contributed by atoms with van der Waals surface area (Å²) in [6.07, 6.45) is 2.12. The van der Waals surface area contributed by atoms with Crippen LogP contribution in [0, 0.1) is 13.8 Å². The molecule has 1 aromatic carbocycles. The summed E-state index contributed by atoms with van der Waals surface area (Å²) in [7, 11) is 0. The van der Waals surface area contributed by atoms with Gasteiger partial charge in [0.1, 0.15) is 0 Å². The molecule has 21 heavy (non-hydrogen) atoms. The molecule has 1 saturated carbocycles. The van der Waals surface area contributed by atoms with Gasteiger partial charge in [-0.05, 0) is 62.1 Å². The molecular formula is C16H18N4O. The second kappa shape index (κ2) is 5.52. The lowest BCUT2D eigenvalue weighted by Gasteiger charge is -2.08. The number of benzene rings is 1. The van der Waals surface area contributed by atoms with E-state index in [4.69, 9.17) is 0 Å². The van der Waals surface area contributed by atoms with Crippen LogP contribution in [0.25, 0.3) is 0 Å². The van der Waals surface area contributed by atoms with Crippen molar-refractivity contribution < 1.29 is 4.79 Å². The van der Waals surface area contributed by atoms with E-state index in [9.17, 15) is 4.79 Å². The maximum absolute atomic E-state index is 11.8. The number of aromatic nitrogens is 2. The molecular weight excluding hydrogens is 264 g/mol. The molecule has 2 N–H and O–H groups in total. The van der Waals surface area contributed by atoms with Crippen molar-refractivity contribution in [2.24, 2.45) is 0 Å². The van der Waals surface area contributed by atoms with Gasteiger partial charge >= 0.3 is 0 Å². The molecule has 0 bridgehead atoms. The molecule has 0 saturated heterocycles. The van der Waals surface area contributed by atoms with Crippen LogP contribution < -0.4 is 10.6 Å². The van der Waals surface area contributed by atoms with Gasteiger partial charge < -0.3 is 10.6 Å². The highest BCUT2D eigenvalue weighted by atomic mass is 16.2. The summed E-state index contributed by atoms with van der Waals surface area (Å²) < 4.78 is 0. The van der Waals surface area contributed by atoms with Gasteiger partial charge in [0.2, 0.25) is 0 Å². The first-order valence-electron chi connectivity index (χ1n) is 7.10. The fourth-order valence-corrected chi connectivity index (χ4v) is 2.20. The SMILES string of the molecule is Cc1cc(C)cc(Nc2ccc(C(=O)NC3CC3)nn2)c1. The zero-order valence-electron chi connectivity index (χ0n) is 12.2. The second-order valence-corrected chi connectivity index (χ2v) is 5.55. The number of nitrogens with zero attached hydrogens (tertiary/aromatic N) is 2. The quantitative estimate of drug-likeness (QED) is 0.905. The van der Waals surface area contributed by atoms with Gasteiger partial charge in [0.05, 0.1) is 0 Å². The Labute approximate surface area is 123 Å². The van der Waals surface area contributed by atoms with Crippen molar-refractivity contribution >= 4 is 17.4 Å². The first kappa shape index (κ1) is 13.5. The van der Waals surface area contributed by atoms with Crippen molar-refractivity contribution in [1.29, 1.82) is 0 Å². The van der Waals surface area contributed by atoms with Crippen molar-refractivity contribution in [3.8, 4) is 0 Å². The standard InChI is InChI=1S/C16H18N4O/c1-10-7-11(2)9-13(8-10)17-15-6-5-14(19-20-15)16(21)18-12-3-4-12/h5-9,12H,3-4H2,1-2H3,(H,17,20)(H,18,21). The number of anilines is 2. The number of hydrogen-bond donors (Lipinski definition) is 2. The van der Waals surface area contributed by atoms with E-state index in [-0.39, 0.29) is 5.91 Å². The van der Waals surface area contributed by atoms with Crippen LogP contribution in [0.15, 0.2) is 30.3 Å². The molecule has 5 heteroatoms. The molecule has 1 fully saturated rings. The zero-order valence-corrected chi connectivity index (χ0v) is 12.2. The van der Waals surface area contributed by atoms with Gasteiger partial charge in [-0.15, -0.1) is 10.2 Å². The molecule has 0 aliphatic heterocycles. The molecule has 1 aliphatic rings. The summed E-state index contributed by atoms with van der Waals surface area (Å²) in [6, 6.07) is 9.99. The Bertz CT molecular complexity index is 642. The minimum absolute atomic E-state index is 0.150. The highest BCUT2D eigenvalue weighted by Crippen LogP contribution is 2.20. The molecule has 2 aromatic rings. The van der Waals surface area contributed by atoms with Crippen LogP contribution in [0.1, 0.15) is 34.5 Å². The monoisotopic (exact) mass is 282 g/mol. The van der Waals surface area contributed by atoms with Crippen LogP contribution in [0.2, 0.25) is 0 Å². The fraction of sp³-hybridized carbons (Fsp3) is 0.312. The van der Waals surface area contributed by atoms with Crippen LogP contribution in [0.5, 0.6) is 0 Å². The zero-order chi connectivity index (χ0) is 14.8. The van der Waals surface area contributed by atoms with E-state index in [1.807, 2.05) is 12.1 Å². The molecule has 1 amide bonds. The molecule has 0 atom stereocenters. The number of aryl methyl sites for hydroxylation is 2. The van der Waals surface area contributed by atoms with E-state index in [1.54, 1.807) is 12.1 Å². The van der Waals surface area contributed by atoms with Gasteiger partial charge in [-0.1, -0.05) is 6.07 Å². The highest BCUT2D eigenvalue weighted by Gasteiger charge is 2.24. The third-order valence-corrected chi connectivity index (χ3v) is 3.30. The number of amides is 1. The van der Waals surface area contributed by atoms with Gasteiger partial charge in [-0.2, -0.15) is 0 Å². The Hall–Kier alpha value is -2.43. The number of nitrogens with one attached hydrogen (secondary N) is 2. The van der Waals surface area contributed by atoms with Crippen LogP contribution in [-0.2, 0) is 0 Å². The summed E-state index contributed by atoms with van der Waals surface area (Å²) in [4.78, 5) is 11.8. The third kappa shape index (κ3) is 3.56. The molecule has 5 nitrogen and oxygen atoms in total. The van der Waals surface area contributed by atoms with Gasteiger partial charge in [-0.25, -0.2) is 0 Å². The molecule has 108 valence electrons. The van der Waals surface area contributed by atoms with Crippen molar-refractivity contribution in [3.63, 3.8) is 0 Å². The molecule has 0 radical (unpaired) electrons. The average molecular weight is 282 g/mol. The lowest BCUT2D eigenvalue weighted by atomic mass is 10.1. The summed E-state index contributed by atoms with van der Waals surface area (Å²) in [6.45, 7) is 4.10.